The van der Waals surface area contributed by atoms with E-state index >= 15 is 0 Å². The molecule has 1 aliphatic rings. The summed E-state index contributed by atoms with van der Waals surface area (Å²) in [6.07, 6.45) is 1.63. The third-order valence-corrected chi connectivity index (χ3v) is 4.75. The van der Waals surface area contributed by atoms with Crippen LogP contribution < -0.4 is 4.90 Å². The van der Waals surface area contributed by atoms with Crippen LogP contribution in [0.3, 0.4) is 0 Å². The van der Waals surface area contributed by atoms with Crippen molar-refractivity contribution >= 4 is 27.7 Å². The molecule has 0 saturated heterocycles. The summed E-state index contributed by atoms with van der Waals surface area (Å²) in [5, 5.41) is 0. The van der Waals surface area contributed by atoms with Gasteiger partial charge in [-0.3, -0.25) is 4.90 Å². The molecular weight excluding hydrogens is 342 g/mol. The smallest absolute Gasteiger partial charge is 0.414 e. The SMILES string of the molecule is CC1CCc2c(Br)cccc2N1C(=O)OCc1ccccc1. The molecule has 3 nitrogen and oxygen atoms in total. The molecule has 2 aromatic carbocycles. The monoisotopic (exact) mass is 359 g/mol. The van der Waals surface area contributed by atoms with Crippen molar-refractivity contribution in [1.29, 1.82) is 0 Å². The van der Waals surface area contributed by atoms with E-state index in [2.05, 4.69) is 22.9 Å². The van der Waals surface area contributed by atoms with Gasteiger partial charge >= 0.3 is 6.09 Å². The van der Waals surface area contributed by atoms with E-state index < -0.39 is 0 Å². The maximum atomic E-state index is 12.5. The summed E-state index contributed by atoms with van der Waals surface area (Å²) in [6, 6.07) is 15.9. The van der Waals surface area contributed by atoms with Crippen LogP contribution in [0.25, 0.3) is 0 Å². The number of hydrogen-bond donors (Lipinski definition) is 0. The first-order valence-electron chi connectivity index (χ1n) is 7.44. The van der Waals surface area contributed by atoms with Gasteiger partial charge in [-0.2, -0.15) is 0 Å². The van der Waals surface area contributed by atoms with Gasteiger partial charge in [-0.1, -0.05) is 52.3 Å². The molecule has 1 unspecified atom stereocenters. The number of benzene rings is 2. The predicted molar refractivity (Wildman–Crippen MR) is 91.0 cm³/mol. The van der Waals surface area contributed by atoms with Crippen LogP contribution in [0.2, 0.25) is 0 Å². The van der Waals surface area contributed by atoms with Crippen molar-refractivity contribution in [2.24, 2.45) is 0 Å². The Labute approximate surface area is 139 Å². The van der Waals surface area contributed by atoms with Gasteiger partial charge in [-0.25, -0.2) is 4.79 Å². The van der Waals surface area contributed by atoms with Crippen molar-refractivity contribution in [2.75, 3.05) is 4.90 Å². The molecule has 114 valence electrons. The highest BCUT2D eigenvalue weighted by Gasteiger charge is 2.30. The lowest BCUT2D eigenvalue weighted by molar-refractivity contribution is 0.144. The first-order chi connectivity index (χ1) is 10.7. The molecule has 22 heavy (non-hydrogen) atoms. The van der Waals surface area contributed by atoms with Gasteiger partial charge in [0.15, 0.2) is 0 Å². The van der Waals surface area contributed by atoms with E-state index in [1.54, 1.807) is 4.90 Å². The number of hydrogen-bond acceptors (Lipinski definition) is 2. The molecular formula is C18H18BrNO2. The normalized spacial score (nSPS) is 17.0. The lowest BCUT2D eigenvalue weighted by Gasteiger charge is -2.34. The number of carbonyl (C=O) groups excluding carboxylic acids is 1. The number of amides is 1. The predicted octanol–water partition coefficient (Wildman–Crippen LogP) is 4.93. The molecule has 0 radical (unpaired) electrons. The zero-order valence-corrected chi connectivity index (χ0v) is 14.0. The van der Waals surface area contributed by atoms with E-state index in [9.17, 15) is 4.79 Å². The largest absolute Gasteiger partial charge is 0.444 e. The Bertz CT molecular complexity index is 672. The van der Waals surface area contributed by atoms with Crippen LogP contribution in [0.4, 0.5) is 10.5 Å². The summed E-state index contributed by atoms with van der Waals surface area (Å²) in [5.41, 5.74) is 3.12. The first kappa shape index (κ1) is 15.1. The van der Waals surface area contributed by atoms with E-state index in [0.29, 0.717) is 6.61 Å². The minimum absolute atomic E-state index is 0.144. The fourth-order valence-corrected chi connectivity index (χ4v) is 3.36. The summed E-state index contributed by atoms with van der Waals surface area (Å²) in [7, 11) is 0. The van der Waals surface area contributed by atoms with Crippen molar-refractivity contribution in [3.8, 4) is 0 Å². The number of rotatable bonds is 2. The topological polar surface area (TPSA) is 29.5 Å². The molecule has 4 heteroatoms. The third-order valence-electron chi connectivity index (χ3n) is 4.01. The van der Waals surface area contributed by atoms with Crippen LogP contribution in [-0.4, -0.2) is 12.1 Å². The molecule has 0 aliphatic carbocycles. The molecule has 2 aromatic rings. The Hall–Kier alpha value is -1.81. The van der Waals surface area contributed by atoms with Crippen molar-refractivity contribution in [3.63, 3.8) is 0 Å². The number of fused-ring (bicyclic) bond motifs is 1. The molecule has 0 bridgehead atoms. The quantitative estimate of drug-likeness (QED) is 0.760. The maximum absolute atomic E-state index is 12.5. The molecule has 0 N–H and O–H groups in total. The Morgan fingerprint density at radius 1 is 1.23 bits per heavy atom. The van der Waals surface area contributed by atoms with Gasteiger partial charge in [0.1, 0.15) is 6.61 Å². The minimum atomic E-state index is -0.282. The lowest BCUT2D eigenvalue weighted by Crippen LogP contribution is -2.42. The minimum Gasteiger partial charge on any atom is -0.444 e. The molecule has 1 heterocycles. The van der Waals surface area contributed by atoms with Crippen LogP contribution in [0.15, 0.2) is 53.0 Å². The standard InChI is InChI=1S/C18H18BrNO2/c1-13-10-11-15-16(19)8-5-9-17(15)20(13)18(21)22-12-14-6-3-2-4-7-14/h2-9,13H,10-12H2,1H3. The van der Waals surface area contributed by atoms with Crippen LogP contribution in [0.1, 0.15) is 24.5 Å². The Balaban J connectivity index is 1.79. The van der Waals surface area contributed by atoms with Gasteiger partial charge in [0, 0.05) is 10.5 Å². The summed E-state index contributed by atoms with van der Waals surface area (Å²) in [6.45, 7) is 2.36. The lowest BCUT2D eigenvalue weighted by atomic mass is 9.97. The number of ether oxygens (including phenoxy) is 1. The van der Waals surface area contributed by atoms with E-state index in [-0.39, 0.29) is 12.1 Å². The van der Waals surface area contributed by atoms with Gasteiger partial charge in [0.05, 0.1) is 5.69 Å². The van der Waals surface area contributed by atoms with Crippen LogP contribution in [0, 0.1) is 0 Å². The number of carbonyl (C=O) groups is 1. The van der Waals surface area contributed by atoms with Gasteiger partial charge in [-0.05, 0) is 43.0 Å². The summed E-state index contributed by atoms with van der Waals surface area (Å²) >= 11 is 3.58. The number of anilines is 1. The first-order valence-corrected chi connectivity index (χ1v) is 8.23. The fraction of sp³-hybridized carbons (Fsp3) is 0.278. The van der Waals surface area contributed by atoms with Gasteiger partial charge < -0.3 is 4.74 Å². The molecule has 0 spiro atoms. The van der Waals surface area contributed by atoms with E-state index in [1.165, 1.54) is 5.56 Å². The Morgan fingerprint density at radius 2 is 2.00 bits per heavy atom. The second kappa shape index (κ2) is 6.53. The molecule has 0 aromatic heterocycles. The highest BCUT2D eigenvalue weighted by atomic mass is 79.9. The number of halogens is 1. The summed E-state index contributed by atoms with van der Waals surface area (Å²) < 4.78 is 6.56. The van der Waals surface area contributed by atoms with Gasteiger partial charge in [0.2, 0.25) is 0 Å². The highest BCUT2D eigenvalue weighted by molar-refractivity contribution is 9.10. The molecule has 0 saturated carbocycles. The highest BCUT2D eigenvalue weighted by Crippen LogP contribution is 2.35. The molecule has 1 atom stereocenters. The zero-order valence-electron chi connectivity index (χ0n) is 12.5. The average Bonchev–Trinajstić information content (AvgIpc) is 2.54. The van der Waals surface area contributed by atoms with Crippen LogP contribution in [-0.2, 0) is 17.8 Å². The molecule has 0 fully saturated rings. The fourth-order valence-electron chi connectivity index (χ4n) is 2.81. The van der Waals surface area contributed by atoms with E-state index in [1.807, 2.05) is 48.5 Å². The van der Waals surface area contributed by atoms with Crippen molar-refractivity contribution in [1.82, 2.24) is 0 Å². The second-order valence-electron chi connectivity index (χ2n) is 5.54. The van der Waals surface area contributed by atoms with Crippen molar-refractivity contribution in [3.05, 3.63) is 64.1 Å². The number of nitrogens with zero attached hydrogens (tertiary/aromatic N) is 1. The third kappa shape index (κ3) is 3.02. The van der Waals surface area contributed by atoms with Gasteiger partial charge in [0.25, 0.3) is 0 Å². The van der Waals surface area contributed by atoms with Crippen LogP contribution in [0.5, 0.6) is 0 Å². The van der Waals surface area contributed by atoms with Gasteiger partial charge in [-0.15, -0.1) is 0 Å². The van der Waals surface area contributed by atoms with Crippen molar-refractivity contribution in [2.45, 2.75) is 32.4 Å². The summed E-state index contributed by atoms with van der Waals surface area (Å²) in [5.74, 6) is 0. The van der Waals surface area contributed by atoms with E-state index in [4.69, 9.17) is 4.74 Å². The Morgan fingerprint density at radius 3 is 2.77 bits per heavy atom. The molecule has 1 aliphatic heterocycles. The maximum Gasteiger partial charge on any atom is 0.414 e. The van der Waals surface area contributed by atoms with Crippen molar-refractivity contribution < 1.29 is 9.53 Å². The second-order valence-corrected chi connectivity index (χ2v) is 6.39. The molecule has 1 amide bonds. The van der Waals surface area contributed by atoms with Crippen LogP contribution >= 0.6 is 15.9 Å². The zero-order chi connectivity index (χ0) is 15.5. The Kier molecular flexibility index (Phi) is 4.48. The summed E-state index contributed by atoms with van der Waals surface area (Å²) in [4.78, 5) is 14.3. The van der Waals surface area contributed by atoms with E-state index in [0.717, 1.165) is 28.6 Å². The average molecular weight is 360 g/mol. The molecule has 3 rings (SSSR count).